The Balaban J connectivity index is 2.36. The van der Waals surface area contributed by atoms with Gasteiger partial charge in [-0.05, 0) is 25.0 Å². The number of aryl methyl sites for hydroxylation is 1. The van der Waals surface area contributed by atoms with E-state index in [0.29, 0.717) is 18.5 Å². The maximum Gasteiger partial charge on any atom is 0.297 e. The van der Waals surface area contributed by atoms with Crippen LogP contribution in [0.3, 0.4) is 0 Å². The van der Waals surface area contributed by atoms with Crippen LogP contribution in [0, 0.1) is 0 Å². The molecule has 5 heteroatoms. The first-order chi connectivity index (χ1) is 12.1. The number of aromatic nitrogens is 1. The monoisotopic (exact) mass is 347 g/mol. The quantitative estimate of drug-likeness (QED) is 0.644. The summed E-state index contributed by atoms with van der Waals surface area (Å²) < 4.78 is 12.7. The van der Waals surface area contributed by atoms with Crippen molar-refractivity contribution >= 4 is 10.9 Å². The lowest BCUT2D eigenvalue weighted by molar-refractivity contribution is 0.305. The third kappa shape index (κ3) is 4.47. The van der Waals surface area contributed by atoms with E-state index in [1.165, 1.54) is 20.0 Å². The summed E-state index contributed by atoms with van der Waals surface area (Å²) in [6.07, 6.45) is 6.43. The van der Waals surface area contributed by atoms with Crippen molar-refractivity contribution < 1.29 is 14.6 Å². The van der Waals surface area contributed by atoms with Crippen LogP contribution in [0.25, 0.3) is 10.9 Å². The molecule has 0 amide bonds. The Morgan fingerprint density at radius 2 is 1.84 bits per heavy atom. The smallest absolute Gasteiger partial charge is 0.297 e. The van der Waals surface area contributed by atoms with E-state index < -0.39 is 5.56 Å². The van der Waals surface area contributed by atoms with Crippen LogP contribution in [0.15, 0.2) is 23.0 Å². The fourth-order valence-corrected chi connectivity index (χ4v) is 2.94. The van der Waals surface area contributed by atoms with Crippen LogP contribution in [-0.2, 0) is 6.54 Å². The first kappa shape index (κ1) is 19.2. The van der Waals surface area contributed by atoms with Gasteiger partial charge in [0.2, 0.25) is 5.75 Å². The van der Waals surface area contributed by atoms with E-state index in [2.05, 4.69) is 13.8 Å². The summed E-state index contributed by atoms with van der Waals surface area (Å²) in [5.41, 5.74) is 0.317. The number of pyridine rings is 1. The van der Waals surface area contributed by atoms with Gasteiger partial charge in [0.25, 0.3) is 5.56 Å². The molecule has 138 valence electrons. The largest absolute Gasteiger partial charge is 0.500 e. The van der Waals surface area contributed by atoms with Crippen molar-refractivity contribution in [1.29, 1.82) is 0 Å². The molecule has 0 saturated carbocycles. The molecule has 1 N–H and O–H groups in total. The molecule has 0 atom stereocenters. The maximum atomic E-state index is 12.5. The Bertz CT molecular complexity index is 751. The molecule has 0 fully saturated rings. The van der Waals surface area contributed by atoms with Gasteiger partial charge in [-0.3, -0.25) is 4.79 Å². The highest BCUT2D eigenvalue weighted by Gasteiger charge is 2.17. The summed E-state index contributed by atoms with van der Waals surface area (Å²) in [7, 11) is 1.46. The average molecular weight is 347 g/mol. The predicted octanol–water partition coefficient (Wildman–Crippen LogP) is 4.47. The molecule has 1 aromatic heterocycles. The van der Waals surface area contributed by atoms with Crippen LogP contribution < -0.4 is 15.0 Å². The van der Waals surface area contributed by atoms with Crippen molar-refractivity contribution in [2.45, 2.75) is 58.9 Å². The summed E-state index contributed by atoms with van der Waals surface area (Å²) in [6.45, 7) is 5.48. The SMILES string of the molecule is CCCCCCOc1ccc2c(OC)c(O)c(=O)n(CCCC)c2c1. The Morgan fingerprint density at radius 3 is 2.52 bits per heavy atom. The molecule has 0 saturated heterocycles. The fourth-order valence-electron chi connectivity index (χ4n) is 2.94. The number of hydrogen-bond donors (Lipinski definition) is 1. The zero-order valence-electron chi connectivity index (χ0n) is 15.5. The van der Waals surface area contributed by atoms with E-state index in [1.807, 2.05) is 18.2 Å². The van der Waals surface area contributed by atoms with Gasteiger partial charge in [0.15, 0.2) is 5.75 Å². The Hall–Kier alpha value is -2.17. The van der Waals surface area contributed by atoms with Gasteiger partial charge in [-0.25, -0.2) is 0 Å². The highest BCUT2D eigenvalue weighted by Crippen LogP contribution is 2.33. The number of methoxy groups -OCH3 is 1. The van der Waals surface area contributed by atoms with Crippen LogP contribution in [0.2, 0.25) is 0 Å². The van der Waals surface area contributed by atoms with Gasteiger partial charge in [0.05, 0.1) is 19.2 Å². The molecule has 2 aromatic rings. The van der Waals surface area contributed by atoms with Gasteiger partial charge in [-0.2, -0.15) is 0 Å². The van der Waals surface area contributed by atoms with Crippen LogP contribution in [0.5, 0.6) is 17.2 Å². The van der Waals surface area contributed by atoms with Crippen LogP contribution in [0.4, 0.5) is 0 Å². The predicted molar refractivity (Wildman–Crippen MR) is 101 cm³/mol. The van der Waals surface area contributed by atoms with Crippen molar-refractivity contribution in [2.24, 2.45) is 0 Å². The number of aromatic hydroxyl groups is 1. The number of benzene rings is 1. The lowest BCUT2D eigenvalue weighted by Gasteiger charge is -2.15. The van der Waals surface area contributed by atoms with Gasteiger partial charge in [0.1, 0.15) is 5.75 Å². The van der Waals surface area contributed by atoms with Crippen molar-refractivity contribution in [3.8, 4) is 17.2 Å². The molecule has 0 unspecified atom stereocenters. The average Bonchev–Trinajstić information content (AvgIpc) is 2.62. The summed E-state index contributed by atoms with van der Waals surface area (Å²) >= 11 is 0. The molecule has 0 aliphatic carbocycles. The van der Waals surface area contributed by atoms with E-state index >= 15 is 0 Å². The highest BCUT2D eigenvalue weighted by molar-refractivity contribution is 5.88. The molecule has 25 heavy (non-hydrogen) atoms. The second-order valence-electron chi connectivity index (χ2n) is 6.28. The molecule has 1 aromatic carbocycles. The number of ether oxygens (including phenoxy) is 2. The minimum absolute atomic E-state index is 0.224. The molecule has 0 radical (unpaired) electrons. The lowest BCUT2D eigenvalue weighted by Crippen LogP contribution is -2.21. The standard InChI is InChI=1S/C20H29NO4/c1-4-6-8-9-13-25-15-10-11-16-17(14-15)21(12-7-5-2)20(23)18(22)19(16)24-3/h10-11,14,22H,4-9,12-13H2,1-3H3. The Morgan fingerprint density at radius 1 is 1.08 bits per heavy atom. The molecular formula is C20H29NO4. The minimum atomic E-state index is -0.419. The van der Waals surface area contributed by atoms with Gasteiger partial charge < -0.3 is 19.1 Å². The van der Waals surface area contributed by atoms with Crippen LogP contribution in [0.1, 0.15) is 52.4 Å². The zero-order chi connectivity index (χ0) is 18.2. The second kappa shape index (κ2) is 9.35. The normalized spacial score (nSPS) is 11.0. The third-order valence-corrected chi connectivity index (χ3v) is 4.37. The summed E-state index contributed by atoms with van der Waals surface area (Å²) in [5, 5.41) is 10.9. The van der Waals surface area contributed by atoms with E-state index in [1.54, 1.807) is 4.57 Å². The van der Waals surface area contributed by atoms with Crippen molar-refractivity contribution in [3.05, 3.63) is 28.6 Å². The first-order valence-corrected chi connectivity index (χ1v) is 9.20. The van der Waals surface area contributed by atoms with Gasteiger partial charge in [0, 0.05) is 18.0 Å². The Labute approximate surface area is 149 Å². The third-order valence-electron chi connectivity index (χ3n) is 4.37. The zero-order valence-corrected chi connectivity index (χ0v) is 15.5. The highest BCUT2D eigenvalue weighted by atomic mass is 16.5. The van der Waals surface area contributed by atoms with E-state index in [4.69, 9.17) is 9.47 Å². The number of hydrogen-bond acceptors (Lipinski definition) is 4. The second-order valence-corrected chi connectivity index (χ2v) is 6.28. The van der Waals surface area contributed by atoms with Crippen molar-refractivity contribution in [1.82, 2.24) is 4.57 Å². The molecule has 5 nitrogen and oxygen atoms in total. The van der Waals surface area contributed by atoms with E-state index in [-0.39, 0.29) is 11.5 Å². The molecule has 0 bridgehead atoms. The van der Waals surface area contributed by atoms with Crippen LogP contribution >= 0.6 is 0 Å². The fraction of sp³-hybridized carbons (Fsp3) is 0.550. The number of nitrogens with zero attached hydrogens (tertiary/aromatic N) is 1. The number of fused-ring (bicyclic) bond motifs is 1. The van der Waals surface area contributed by atoms with Crippen LogP contribution in [-0.4, -0.2) is 23.4 Å². The van der Waals surface area contributed by atoms with Crippen molar-refractivity contribution in [2.75, 3.05) is 13.7 Å². The summed E-state index contributed by atoms with van der Waals surface area (Å²) in [5.74, 6) is 0.628. The molecule has 0 aliphatic heterocycles. The number of rotatable bonds is 10. The topological polar surface area (TPSA) is 60.7 Å². The molecule has 0 spiro atoms. The summed E-state index contributed by atoms with van der Waals surface area (Å²) in [4.78, 5) is 12.5. The molecular weight excluding hydrogens is 318 g/mol. The lowest BCUT2D eigenvalue weighted by atomic mass is 10.1. The minimum Gasteiger partial charge on any atom is -0.500 e. The summed E-state index contributed by atoms with van der Waals surface area (Å²) in [6, 6.07) is 5.57. The van der Waals surface area contributed by atoms with Gasteiger partial charge in [-0.1, -0.05) is 39.5 Å². The van der Waals surface area contributed by atoms with Gasteiger partial charge >= 0.3 is 0 Å². The Kier molecular flexibility index (Phi) is 7.16. The molecule has 2 rings (SSSR count). The first-order valence-electron chi connectivity index (χ1n) is 9.20. The van der Waals surface area contributed by atoms with E-state index in [9.17, 15) is 9.90 Å². The van der Waals surface area contributed by atoms with Gasteiger partial charge in [-0.15, -0.1) is 0 Å². The molecule has 1 heterocycles. The number of unbranched alkanes of at least 4 members (excludes halogenated alkanes) is 4. The van der Waals surface area contributed by atoms with Crippen molar-refractivity contribution in [3.63, 3.8) is 0 Å². The van der Waals surface area contributed by atoms with E-state index in [0.717, 1.165) is 36.9 Å². The molecule has 0 aliphatic rings. The maximum absolute atomic E-state index is 12.5.